The second-order valence-electron chi connectivity index (χ2n) is 5.78. The maximum atomic E-state index is 10.5. The summed E-state index contributed by atoms with van der Waals surface area (Å²) in [6, 6.07) is 1.94. The number of hydrogen-bond donors (Lipinski definition) is 1. The zero-order chi connectivity index (χ0) is 13.7. The second-order valence-corrected chi connectivity index (χ2v) is 5.78. The van der Waals surface area contributed by atoms with E-state index in [1.807, 2.05) is 6.07 Å². The SMILES string of the molecule is CCCOc1cncc(C(O)C2CCCC(C)C2)c1. The van der Waals surface area contributed by atoms with Crippen LogP contribution >= 0.6 is 0 Å². The molecule has 1 aromatic heterocycles. The van der Waals surface area contributed by atoms with Crippen molar-refractivity contribution in [3.8, 4) is 5.75 Å². The standard InChI is InChI=1S/C16H25NO2/c1-3-7-19-15-9-14(10-17-11-15)16(18)13-6-4-5-12(2)8-13/h9-13,16,18H,3-8H2,1-2H3. The van der Waals surface area contributed by atoms with E-state index in [1.165, 1.54) is 12.8 Å². The fourth-order valence-corrected chi connectivity index (χ4v) is 2.94. The molecule has 1 aliphatic carbocycles. The number of ether oxygens (including phenoxy) is 1. The first-order chi connectivity index (χ1) is 9.20. The lowest BCUT2D eigenvalue weighted by Gasteiger charge is -2.30. The summed E-state index contributed by atoms with van der Waals surface area (Å²) in [5, 5.41) is 10.5. The van der Waals surface area contributed by atoms with Gasteiger partial charge in [-0.15, -0.1) is 0 Å². The van der Waals surface area contributed by atoms with Crippen LogP contribution in [0.2, 0.25) is 0 Å². The summed E-state index contributed by atoms with van der Waals surface area (Å²) >= 11 is 0. The monoisotopic (exact) mass is 263 g/mol. The first-order valence-corrected chi connectivity index (χ1v) is 7.46. The van der Waals surface area contributed by atoms with Crippen molar-refractivity contribution < 1.29 is 9.84 Å². The van der Waals surface area contributed by atoms with Gasteiger partial charge in [0.1, 0.15) is 5.75 Å². The highest BCUT2D eigenvalue weighted by Gasteiger charge is 2.26. The van der Waals surface area contributed by atoms with E-state index in [2.05, 4.69) is 18.8 Å². The van der Waals surface area contributed by atoms with Crippen LogP contribution in [0.4, 0.5) is 0 Å². The Morgan fingerprint density at radius 2 is 2.26 bits per heavy atom. The number of aliphatic hydroxyl groups is 1. The van der Waals surface area contributed by atoms with Crippen LogP contribution in [0.3, 0.4) is 0 Å². The Bertz CT molecular complexity index is 394. The lowest BCUT2D eigenvalue weighted by atomic mass is 9.78. The van der Waals surface area contributed by atoms with E-state index < -0.39 is 6.10 Å². The van der Waals surface area contributed by atoms with Crippen LogP contribution in [0.25, 0.3) is 0 Å². The molecule has 0 aliphatic heterocycles. The van der Waals surface area contributed by atoms with Gasteiger partial charge in [0.25, 0.3) is 0 Å². The molecule has 2 rings (SSSR count). The summed E-state index contributed by atoms with van der Waals surface area (Å²) in [6.07, 6.45) is 8.81. The van der Waals surface area contributed by atoms with Crippen LogP contribution in [-0.2, 0) is 0 Å². The quantitative estimate of drug-likeness (QED) is 0.880. The summed E-state index contributed by atoms with van der Waals surface area (Å²) in [5.74, 6) is 1.86. The molecule has 0 radical (unpaired) electrons. The molecule has 3 atom stereocenters. The Morgan fingerprint density at radius 1 is 1.42 bits per heavy atom. The third kappa shape index (κ3) is 3.93. The van der Waals surface area contributed by atoms with Crippen molar-refractivity contribution in [2.24, 2.45) is 11.8 Å². The molecular weight excluding hydrogens is 238 g/mol. The van der Waals surface area contributed by atoms with Gasteiger partial charge in [0, 0.05) is 11.8 Å². The lowest BCUT2D eigenvalue weighted by Crippen LogP contribution is -2.20. The van der Waals surface area contributed by atoms with Crippen molar-refractivity contribution in [2.75, 3.05) is 6.61 Å². The molecule has 1 aliphatic rings. The summed E-state index contributed by atoms with van der Waals surface area (Å²) in [5.41, 5.74) is 0.896. The minimum absolute atomic E-state index is 0.368. The Balaban J connectivity index is 2.03. The normalized spacial score (nSPS) is 25.0. The molecule has 0 saturated heterocycles. The lowest BCUT2D eigenvalue weighted by molar-refractivity contribution is 0.0709. The zero-order valence-electron chi connectivity index (χ0n) is 12.0. The third-order valence-corrected chi connectivity index (χ3v) is 3.97. The van der Waals surface area contributed by atoms with E-state index in [1.54, 1.807) is 12.4 Å². The van der Waals surface area contributed by atoms with Crippen LogP contribution in [0.1, 0.15) is 57.6 Å². The van der Waals surface area contributed by atoms with E-state index in [9.17, 15) is 5.11 Å². The number of hydrogen-bond acceptors (Lipinski definition) is 3. The molecule has 1 heterocycles. The Kier molecular flexibility index (Phi) is 5.20. The molecule has 0 spiro atoms. The maximum Gasteiger partial charge on any atom is 0.137 e. The average molecular weight is 263 g/mol. The van der Waals surface area contributed by atoms with E-state index in [4.69, 9.17) is 4.74 Å². The van der Waals surface area contributed by atoms with E-state index in [0.717, 1.165) is 36.5 Å². The van der Waals surface area contributed by atoms with Crippen molar-refractivity contribution in [2.45, 2.75) is 52.1 Å². The van der Waals surface area contributed by atoms with Gasteiger partial charge in [-0.1, -0.05) is 26.7 Å². The minimum atomic E-state index is -0.402. The van der Waals surface area contributed by atoms with Crippen molar-refractivity contribution in [1.29, 1.82) is 0 Å². The van der Waals surface area contributed by atoms with Crippen LogP contribution in [0.5, 0.6) is 5.75 Å². The molecule has 3 nitrogen and oxygen atoms in total. The van der Waals surface area contributed by atoms with Crippen molar-refractivity contribution in [1.82, 2.24) is 4.98 Å². The number of aliphatic hydroxyl groups excluding tert-OH is 1. The van der Waals surface area contributed by atoms with Gasteiger partial charge in [-0.25, -0.2) is 0 Å². The number of pyridine rings is 1. The number of rotatable bonds is 5. The molecular formula is C16H25NO2. The molecule has 106 valence electrons. The Morgan fingerprint density at radius 3 is 3.00 bits per heavy atom. The smallest absolute Gasteiger partial charge is 0.137 e. The second kappa shape index (κ2) is 6.90. The highest BCUT2D eigenvalue weighted by Crippen LogP contribution is 2.37. The summed E-state index contributed by atoms with van der Waals surface area (Å²) in [4.78, 5) is 4.19. The van der Waals surface area contributed by atoms with Gasteiger partial charge in [0.05, 0.1) is 18.9 Å². The number of nitrogens with zero attached hydrogens (tertiary/aromatic N) is 1. The van der Waals surface area contributed by atoms with E-state index in [-0.39, 0.29) is 0 Å². The predicted octanol–water partition coefficient (Wildman–Crippen LogP) is 3.73. The van der Waals surface area contributed by atoms with Crippen molar-refractivity contribution >= 4 is 0 Å². The topological polar surface area (TPSA) is 42.4 Å². The molecule has 1 aromatic rings. The largest absolute Gasteiger partial charge is 0.492 e. The molecule has 3 unspecified atom stereocenters. The van der Waals surface area contributed by atoms with Crippen molar-refractivity contribution in [3.05, 3.63) is 24.0 Å². The maximum absolute atomic E-state index is 10.5. The molecule has 1 N–H and O–H groups in total. The predicted molar refractivity (Wildman–Crippen MR) is 76.1 cm³/mol. The third-order valence-electron chi connectivity index (χ3n) is 3.97. The summed E-state index contributed by atoms with van der Waals surface area (Å²) in [7, 11) is 0. The number of aromatic nitrogens is 1. The minimum Gasteiger partial charge on any atom is -0.492 e. The fraction of sp³-hybridized carbons (Fsp3) is 0.688. The van der Waals surface area contributed by atoms with Gasteiger partial charge in [0.2, 0.25) is 0 Å². The van der Waals surface area contributed by atoms with Crippen LogP contribution in [0, 0.1) is 11.8 Å². The van der Waals surface area contributed by atoms with Crippen LogP contribution < -0.4 is 4.74 Å². The molecule has 1 saturated carbocycles. The molecule has 3 heteroatoms. The van der Waals surface area contributed by atoms with Gasteiger partial charge >= 0.3 is 0 Å². The first-order valence-electron chi connectivity index (χ1n) is 7.46. The zero-order valence-corrected chi connectivity index (χ0v) is 12.0. The van der Waals surface area contributed by atoms with Crippen molar-refractivity contribution in [3.63, 3.8) is 0 Å². The fourth-order valence-electron chi connectivity index (χ4n) is 2.94. The summed E-state index contributed by atoms with van der Waals surface area (Å²) < 4.78 is 5.58. The van der Waals surface area contributed by atoms with Gasteiger partial charge < -0.3 is 9.84 Å². The van der Waals surface area contributed by atoms with Crippen LogP contribution in [0.15, 0.2) is 18.5 Å². The molecule has 1 fully saturated rings. The Labute approximate surface area is 116 Å². The molecule has 19 heavy (non-hydrogen) atoms. The summed E-state index contributed by atoms with van der Waals surface area (Å²) in [6.45, 7) is 5.05. The van der Waals surface area contributed by atoms with E-state index in [0.29, 0.717) is 12.5 Å². The van der Waals surface area contributed by atoms with Gasteiger partial charge in [-0.05, 0) is 37.2 Å². The van der Waals surface area contributed by atoms with Gasteiger partial charge in [-0.3, -0.25) is 4.98 Å². The Hall–Kier alpha value is -1.09. The molecule has 0 bridgehead atoms. The van der Waals surface area contributed by atoms with Gasteiger partial charge in [0.15, 0.2) is 0 Å². The first kappa shape index (κ1) is 14.3. The molecule has 0 amide bonds. The van der Waals surface area contributed by atoms with Crippen LogP contribution in [-0.4, -0.2) is 16.7 Å². The highest BCUT2D eigenvalue weighted by molar-refractivity contribution is 5.25. The molecule has 0 aromatic carbocycles. The highest BCUT2D eigenvalue weighted by atomic mass is 16.5. The van der Waals surface area contributed by atoms with E-state index >= 15 is 0 Å². The van der Waals surface area contributed by atoms with Gasteiger partial charge in [-0.2, -0.15) is 0 Å². The average Bonchev–Trinajstić information content (AvgIpc) is 2.44.